The number of benzene rings is 2. The molecule has 9 heteroatoms. The molecule has 1 amide bonds. The number of aliphatic hydroxyl groups is 1. The Bertz CT molecular complexity index is 1350. The van der Waals surface area contributed by atoms with Gasteiger partial charge in [0.15, 0.2) is 0 Å². The van der Waals surface area contributed by atoms with Crippen LogP contribution in [0.3, 0.4) is 0 Å². The average molecular weight is 582 g/mol. The van der Waals surface area contributed by atoms with Crippen molar-refractivity contribution in [2.45, 2.75) is 70.1 Å². The molecule has 1 aliphatic carbocycles. The van der Waals surface area contributed by atoms with Crippen LogP contribution in [-0.2, 0) is 27.6 Å². The van der Waals surface area contributed by atoms with E-state index in [-0.39, 0.29) is 36.1 Å². The second-order valence-corrected chi connectivity index (χ2v) is 14.1. The number of hydrogen-bond acceptors (Lipinski definition) is 6. The van der Waals surface area contributed by atoms with Crippen molar-refractivity contribution in [2.24, 2.45) is 5.92 Å². The first-order valence-electron chi connectivity index (χ1n) is 14.5. The van der Waals surface area contributed by atoms with E-state index in [4.69, 9.17) is 4.52 Å². The van der Waals surface area contributed by atoms with E-state index in [1.165, 1.54) is 4.31 Å². The lowest BCUT2D eigenvalue weighted by Crippen LogP contribution is -2.46. The summed E-state index contributed by atoms with van der Waals surface area (Å²) < 4.78 is 34.2. The van der Waals surface area contributed by atoms with Crippen LogP contribution in [0.15, 0.2) is 71.3 Å². The van der Waals surface area contributed by atoms with Gasteiger partial charge < -0.3 is 14.5 Å². The van der Waals surface area contributed by atoms with E-state index >= 15 is 0 Å². The van der Waals surface area contributed by atoms with Crippen molar-refractivity contribution >= 4 is 15.9 Å². The van der Waals surface area contributed by atoms with Crippen molar-refractivity contribution in [3.8, 4) is 0 Å². The monoisotopic (exact) mass is 581 g/mol. The summed E-state index contributed by atoms with van der Waals surface area (Å²) in [5.41, 5.74) is 1.68. The van der Waals surface area contributed by atoms with Crippen LogP contribution < -0.4 is 0 Å². The Balaban J connectivity index is 1.50. The van der Waals surface area contributed by atoms with Crippen LogP contribution in [0.4, 0.5) is 0 Å². The highest BCUT2D eigenvalue weighted by atomic mass is 32.2. The number of sulfonamides is 1. The molecule has 0 aliphatic heterocycles. The molecule has 1 saturated carbocycles. The number of aromatic nitrogens is 1. The summed E-state index contributed by atoms with van der Waals surface area (Å²) in [7, 11) is -3.81. The van der Waals surface area contributed by atoms with Gasteiger partial charge in [0.2, 0.25) is 10.0 Å². The summed E-state index contributed by atoms with van der Waals surface area (Å²) in [6.07, 6.45) is 3.66. The van der Waals surface area contributed by atoms with Gasteiger partial charge >= 0.3 is 0 Å². The van der Waals surface area contributed by atoms with E-state index in [0.29, 0.717) is 36.5 Å². The molecule has 0 saturated heterocycles. The number of carbonyl (C=O) groups excluding carboxylic acids is 1. The molecule has 8 nitrogen and oxygen atoms in total. The van der Waals surface area contributed by atoms with E-state index < -0.39 is 16.1 Å². The minimum atomic E-state index is -3.81. The van der Waals surface area contributed by atoms with Crippen molar-refractivity contribution in [2.75, 3.05) is 26.2 Å². The van der Waals surface area contributed by atoms with Crippen molar-refractivity contribution in [1.29, 1.82) is 0 Å². The zero-order chi connectivity index (χ0) is 29.5. The Morgan fingerprint density at radius 3 is 2.27 bits per heavy atom. The van der Waals surface area contributed by atoms with Crippen molar-refractivity contribution in [1.82, 2.24) is 14.4 Å². The average Bonchev–Trinajstić information content (AvgIpc) is 3.63. The van der Waals surface area contributed by atoms with Crippen molar-refractivity contribution in [3.63, 3.8) is 0 Å². The van der Waals surface area contributed by atoms with Crippen molar-refractivity contribution < 1.29 is 22.8 Å². The molecule has 1 fully saturated rings. The van der Waals surface area contributed by atoms with Crippen LogP contribution in [0.5, 0.6) is 0 Å². The van der Waals surface area contributed by atoms with Gasteiger partial charge in [0.25, 0.3) is 5.91 Å². The molecular formula is C32H43N3O5S. The predicted molar refractivity (Wildman–Crippen MR) is 160 cm³/mol. The highest BCUT2D eigenvalue weighted by Gasteiger charge is 2.32. The molecule has 1 atom stereocenters. The largest absolute Gasteiger partial charge is 0.390 e. The molecule has 222 valence electrons. The number of nitrogens with zero attached hydrogens (tertiary/aromatic N) is 3. The SMILES string of the molecule is CC(C)(C)c1cc(CS(=O)(=O)N(CC2CCCC2)C[C@@H](O)CN(CCc2ccccc2)C(=O)c2ccccc2)no1. The zero-order valence-corrected chi connectivity index (χ0v) is 25.2. The minimum Gasteiger partial charge on any atom is -0.390 e. The maximum absolute atomic E-state index is 13.7. The minimum absolute atomic E-state index is 0.0232. The van der Waals surface area contributed by atoms with Gasteiger partial charge in [0, 0.05) is 43.2 Å². The van der Waals surface area contributed by atoms with Crippen molar-refractivity contribution in [3.05, 3.63) is 89.3 Å². The lowest BCUT2D eigenvalue weighted by Gasteiger charge is -2.30. The highest BCUT2D eigenvalue weighted by Crippen LogP contribution is 2.28. The summed E-state index contributed by atoms with van der Waals surface area (Å²) >= 11 is 0. The summed E-state index contributed by atoms with van der Waals surface area (Å²) in [6, 6.07) is 20.6. The lowest BCUT2D eigenvalue weighted by molar-refractivity contribution is 0.0584. The van der Waals surface area contributed by atoms with Gasteiger partial charge in [0.05, 0.1) is 6.10 Å². The van der Waals surface area contributed by atoms with E-state index in [9.17, 15) is 18.3 Å². The molecule has 1 aliphatic rings. The standard InChI is InChI=1S/C32H43N3O5S/c1-32(2,3)30-20-28(33-40-30)24-41(38,39)35(21-26-14-10-11-15-26)23-29(36)22-34(19-18-25-12-6-4-7-13-25)31(37)27-16-8-5-9-17-27/h4-9,12-13,16-17,20,26,29,36H,10-11,14-15,18-19,21-24H2,1-3H3/t29-/m0/s1. The smallest absolute Gasteiger partial charge is 0.253 e. The number of rotatable bonds is 13. The Kier molecular flexibility index (Phi) is 10.4. The van der Waals surface area contributed by atoms with Gasteiger partial charge in [-0.15, -0.1) is 0 Å². The molecule has 1 N–H and O–H groups in total. The van der Waals surface area contributed by atoms with E-state index in [1.807, 2.05) is 69.3 Å². The number of carbonyl (C=O) groups is 1. The number of amides is 1. The van der Waals surface area contributed by atoms with E-state index in [0.717, 1.165) is 31.2 Å². The van der Waals surface area contributed by atoms with Gasteiger partial charge in [-0.25, -0.2) is 8.42 Å². The predicted octanol–water partition coefficient (Wildman–Crippen LogP) is 5.04. The summed E-state index contributed by atoms with van der Waals surface area (Å²) in [5.74, 6) is 0.383. The highest BCUT2D eigenvalue weighted by molar-refractivity contribution is 7.88. The molecule has 1 heterocycles. The van der Waals surface area contributed by atoms with Crippen LogP contribution in [0, 0.1) is 5.92 Å². The first kappa shape index (κ1) is 30.9. The van der Waals surface area contributed by atoms with Gasteiger partial charge in [-0.05, 0) is 42.9 Å². The lowest BCUT2D eigenvalue weighted by atomic mass is 9.93. The van der Waals surface area contributed by atoms with Crippen LogP contribution >= 0.6 is 0 Å². The van der Waals surface area contributed by atoms with Crippen LogP contribution in [0.1, 0.15) is 73.8 Å². The molecule has 0 bridgehead atoms. The molecule has 41 heavy (non-hydrogen) atoms. The third kappa shape index (κ3) is 8.99. The molecule has 2 aromatic carbocycles. The maximum atomic E-state index is 13.7. The van der Waals surface area contributed by atoms with Gasteiger partial charge in [-0.1, -0.05) is 87.3 Å². The summed E-state index contributed by atoms with van der Waals surface area (Å²) in [6.45, 7) is 6.62. The molecule has 3 aromatic rings. The van der Waals surface area contributed by atoms with E-state index in [2.05, 4.69) is 5.16 Å². The molecule has 0 radical (unpaired) electrons. The zero-order valence-electron chi connectivity index (χ0n) is 24.4. The first-order chi connectivity index (χ1) is 19.5. The Morgan fingerprint density at radius 2 is 1.66 bits per heavy atom. The van der Waals surface area contributed by atoms with Crippen LogP contribution in [-0.4, -0.2) is 66.1 Å². The summed E-state index contributed by atoms with van der Waals surface area (Å²) in [5, 5.41) is 15.3. The quantitative estimate of drug-likeness (QED) is 0.303. The maximum Gasteiger partial charge on any atom is 0.253 e. The Morgan fingerprint density at radius 1 is 1.02 bits per heavy atom. The van der Waals surface area contributed by atoms with Gasteiger partial charge in [-0.2, -0.15) is 4.31 Å². The number of hydrogen-bond donors (Lipinski definition) is 1. The fraction of sp³-hybridized carbons (Fsp3) is 0.500. The summed E-state index contributed by atoms with van der Waals surface area (Å²) in [4.78, 5) is 15.1. The van der Waals surface area contributed by atoms with Gasteiger partial charge in [-0.3, -0.25) is 4.79 Å². The van der Waals surface area contributed by atoms with E-state index in [1.54, 1.807) is 23.1 Å². The molecule has 0 unspecified atom stereocenters. The third-order valence-corrected chi connectivity index (χ3v) is 9.37. The Labute approximate surface area is 244 Å². The van der Waals surface area contributed by atoms with Crippen LogP contribution in [0.25, 0.3) is 0 Å². The normalized spacial score (nSPS) is 15.3. The molecule has 0 spiro atoms. The molecule has 4 rings (SSSR count). The van der Waals surface area contributed by atoms with Gasteiger partial charge in [0.1, 0.15) is 17.2 Å². The second-order valence-electron chi connectivity index (χ2n) is 12.2. The Hall–Kier alpha value is -3.01. The molecule has 1 aromatic heterocycles. The second kappa shape index (κ2) is 13.8. The first-order valence-corrected chi connectivity index (χ1v) is 16.1. The fourth-order valence-electron chi connectivity index (χ4n) is 5.29. The fourth-order valence-corrected chi connectivity index (χ4v) is 6.82. The number of aliphatic hydroxyl groups excluding tert-OH is 1. The van der Waals surface area contributed by atoms with Crippen LogP contribution in [0.2, 0.25) is 0 Å². The topological polar surface area (TPSA) is 104 Å². The third-order valence-electron chi connectivity index (χ3n) is 7.63. The molecular weight excluding hydrogens is 538 g/mol.